The van der Waals surface area contributed by atoms with Gasteiger partial charge in [-0.1, -0.05) is 0 Å². The molecule has 10 nitrogen and oxygen atoms in total. The van der Waals surface area contributed by atoms with Crippen LogP contribution >= 0.6 is 0 Å². The molecule has 1 atom stereocenters. The first-order valence-corrected chi connectivity index (χ1v) is 8.15. The summed E-state index contributed by atoms with van der Waals surface area (Å²) in [7, 11) is 2.05. The number of aromatic nitrogens is 2. The molecule has 2 aliphatic rings. The van der Waals surface area contributed by atoms with E-state index in [0.717, 1.165) is 45.6 Å². The molecule has 1 aromatic rings. The smallest absolute Gasteiger partial charge is 0.353 e. The molecule has 2 saturated heterocycles. The van der Waals surface area contributed by atoms with Gasteiger partial charge < -0.3 is 25.6 Å². The van der Waals surface area contributed by atoms with Crippen LogP contribution in [0.25, 0.3) is 0 Å². The molecule has 0 unspecified atom stereocenters. The Hall–Kier alpha value is -2.20. The van der Waals surface area contributed by atoms with E-state index in [9.17, 15) is 10.1 Å². The van der Waals surface area contributed by atoms with Crippen LogP contribution in [0.15, 0.2) is 0 Å². The van der Waals surface area contributed by atoms with Crippen molar-refractivity contribution in [3.8, 4) is 0 Å². The van der Waals surface area contributed by atoms with Crippen LogP contribution in [0.3, 0.4) is 0 Å². The van der Waals surface area contributed by atoms with Crippen LogP contribution in [0.1, 0.15) is 12.8 Å². The molecule has 0 radical (unpaired) electrons. The lowest BCUT2D eigenvalue weighted by atomic mass is 10.2. The number of nitrogens with one attached hydrogen (secondary N) is 1. The van der Waals surface area contributed by atoms with Gasteiger partial charge in [-0.15, -0.1) is 0 Å². The Bertz CT molecular complexity index is 598. The quantitative estimate of drug-likeness (QED) is 0.577. The standard InChI is InChI=1S/C14H23N7O3/c1-19-4-6-20(7-5-19)14-17-12(15)11(21(22)23)13(18-14)16-9-10-3-2-8-24-10/h10H,2-9H2,1H3,(H3,15,16,17,18)/t10-/m0/s1. The van der Waals surface area contributed by atoms with E-state index in [2.05, 4.69) is 27.2 Å². The van der Waals surface area contributed by atoms with Gasteiger partial charge >= 0.3 is 5.69 Å². The van der Waals surface area contributed by atoms with E-state index in [0.29, 0.717) is 12.5 Å². The maximum Gasteiger partial charge on any atom is 0.353 e. The first-order chi connectivity index (χ1) is 11.5. The molecule has 0 amide bonds. The largest absolute Gasteiger partial charge is 0.378 e. The summed E-state index contributed by atoms with van der Waals surface area (Å²) in [5, 5.41) is 14.4. The predicted molar refractivity (Wildman–Crippen MR) is 90.3 cm³/mol. The van der Waals surface area contributed by atoms with Crippen LogP contribution in [0.2, 0.25) is 0 Å². The Labute approximate surface area is 140 Å². The highest BCUT2D eigenvalue weighted by Crippen LogP contribution is 2.30. The zero-order chi connectivity index (χ0) is 17.1. The highest BCUT2D eigenvalue weighted by atomic mass is 16.6. The molecule has 2 fully saturated rings. The van der Waals surface area contributed by atoms with E-state index in [-0.39, 0.29) is 23.4 Å². The van der Waals surface area contributed by atoms with Gasteiger partial charge in [0.1, 0.15) is 0 Å². The second-order valence-electron chi connectivity index (χ2n) is 6.17. The maximum atomic E-state index is 11.3. The number of likely N-dealkylation sites (N-methyl/N-ethyl adjacent to an activating group) is 1. The van der Waals surface area contributed by atoms with E-state index >= 15 is 0 Å². The molecule has 0 saturated carbocycles. The van der Waals surface area contributed by atoms with Crippen LogP contribution in [0.4, 0.5) is 23.3 Å². The van der Waals surface area contributed by atoms with Crippen molar-refractivity contribution >= 4 is 23.3 Å². The number of hydrogen-bond donors (Lipinski definition) is 2. The predicted octanol–water partition coefficient (Wildman–Crippen LogP) is 0.310. The van der Waals surface area contributed by atoms with Gasteiger partial charge in [-0.2, -0.15) is 9.97 Å². The maximum absolute atomic E-state index is 11.3. The molecular formula is C14H23N7O3. The third-order valence-corrected chi connectivity index (χ3v) is 4.39. The Morgan fingerprint density at radius 3 is 2.75 bits per heavy atom. The summed E-state index contributed by atoms with van der Waals surface area (Å²) in [6.45, 7) is 4.50. The average molecular weight is 337 g/mol. The topological polar surface area (TPSA) is 123 Å². The molecule has 0 bridgehead atoms. The molecule has 3 heterocycles. The Balaban J connectivity index is 1.81. The first-order valence-electron chi connectivity index (χ1n) is 8.15. The lowest BCUT2D eigenvalue weighted by Crippen LogP contribution is -2.45. The minimum Gasteiger partial charge on any atom is -0.378 e. The van der Waals surface area contributed by atoms with Gasteiger partial charge in [0.25, 0.3) is 0 Å². The monoisotopic (exact) mass is 337 g/mol. The van der Waals surface area contributed by atoms with Crippen molar-refractivity contribution in [3.63, 3.8) is 0 Å². The summed E-state index contributed by atoms with van der Waals surface area (Å²) in [6.07, 6.45) is 1.99. The van der Waals surface area contributed by atoms with Gasteiger partial charge in [0.15, 0.2) is 0 Å². The summed E-state index contributed by atoms with van der Waals surface area (Å²) >= 11 is 0. The molecule has 10 heteroatoms. The number of rotatable bonds is 5. The third kappa shape index (κ3) is 3.65. The van der Waals surface area contributed by atoms with E-state index in [1.807, 2.05) is 4.90 Å². The third-order valence-electron chi connectivity index (χ3n) is 4.39. The lowest BCUT2D eigenvalue weighted by Gasteiger charge is -2.32. The fourth-order valence-electron chi connectivity index (χ4n) is 2.93. The number of nitrogens with two attached hydrogens (primary N) is 1. The number of nitrogens with zero attached hydrogens (tertiary/aromatic N) is 5. The van der Waals surface area contributed by atoms with E-state index < -0.39 is 4.92 Å². The van der Waals surface area contributed by atoms with Crippen molar-refractivity contribution in [2.24, 2.45) is 0 Å². The van der Waals surface area contributed by atoms with Gasteiger partial charge in [-0.3, -0.25) is 10.1 Å². The number of anilines is 3. The van der Waals surface area contributed by atoms with Crippen molar-refractivity contribution in [1.82, 2.24) is 14.9 Å². The van der Waals surface area contributed by atoms with Crippen LogP contribution in [-0.2, 0) is 4.74 Å². The van der Waals surface area contributed by atoms with Crippen LogP contribution in [-0.4, -0.2) is 72.3 Å². The molecule has 2 aliphatic heterocycles. The molecule has 3 N–H and O–H groups in total. The highest BCUT2D eigenvalue weighted by Gasteiger charge is 2.27. The number of nitrogen functional groups attached to an aromatic ring is 1. The number of hydrogen-bond acceptors (Lipinski definition) is 9. The van der Waals surface area contributed by atoms with E-state index in [1.54, 1.807) is 0 Å². The minimum absolute atomic E-state index is 0.0490. The molecular weight excluding hydrogens is 314 g/mol. The Kier molecular flexibility index (Phi) is 4.95. The highest BCUT2D eigenvalue weighted by molar-refractivity contribution is 5.70. The summed E-state index contributed by atoms with van der Waals surface area (Å²) in [5.41, 5.74) is 5.57. The van der Waals surface area contributed by atoms with Crippen LogP contribution in [0.5, 0.6) is 0 Å². The number of piperazine rings is 1. The summed E-state index contributed by atoms with van der Waals surface area (Å²) in [5.74, 6) is 0.483. The van der Waals surface area contributed by atoms with Crippen molar-refractivity contribution in [2.45, 2.75) is 18.9 Å². The van der Waals surface area contributed by atoms with Crippen LogP contribution in [0, 0.1) is 10.1 Å². The fourth-order valence-corrected chi connectivity index (χ4v) is 2.93. The van der Waals surface area contributed by atoms with Crippen molar-refractivity contribution < 1.29 is 9.66 Å². The summed E-state index contributed by atoms with van der Waals surface area (Å²) in [4.78, 5) is 23.5. The molecule has 0 aromatic carbocycles. The lowest BCUT2D eigenvalue weighted by molar-refractivity contribution is -0.383. The van der Waals surface area contributed by atoms with Crippen LogP contribution < -0.4 is 16.0 Å². The SMILES string of the molecule is CN1CCN(c2nc(N)c([N+](=O)[O-])c(NC[C@@H]3CCCO3)n2)CC1. The molecule has 0 spiro atoms. The van der Waals surface area contributed by atoms with Gasteiger partial charge in [0.2, 0.25) is 17.6 Å². The zero-order valence-corrected chi connectivity index (χ0v) is 13.8. The number of nitro groups is 1. The second-order valence-corrected chi connectivity index (χ2v) is 6.17. The summed E-state index contributed by atoms with van der Waals surface area (Å²) < 4.78 is 5.54. The fraction of sp³-hybridized carbons (Fsp3) is 0.714. The zero-order valence-electron chi connectivity index (χ0n) is 13.8. The van der Waals surface area contributed by atoms with Gasteiger partial charge in [-0.05, 0) is 19.9 Å². The molecule has 3 rings (SSSR count). The Morgan fingerprint density at radius 1 is 1.38 bits per heavy atom. The van der Waals surface area contributed by atoms with E-state index in [1.165, 1.54) is 0 Å². The van der Waals surface area contributed by atoms with Crippen molar-refractivity contribution in [2.75, 3.05) is 62.3 Å². The van der Waals surface area contributed by atoms with Crippen molar-refractivity contribution in [3.05, 3.63) is 10.1 Å². The first kappa shape index (κ1) is 16.7. The Morgan fingerprint density at radius 2 is 2.12 bits per heavy atom. The average Bonchev–Trinajstić information content (AvgIpc) is 3.06. The molecule has 1 aromatic heterocycles. The molecule has 0 aliphatic carbocycles. The second kappa shape index (κ2) is 7.14. The molecule has 24 heavy (non-hydrogen) atoms. The van der Waals surface area contributed by atoms with Crippen molar-refractivity contribution in [1.29, 1.82) is 0 Å². The number of ether oxygens (including phenoxy) is 1. The minimum atomic E-state index is -0.541. The normalized spacial score (nSPS) is 21.9. The summed E-state index contributed by atoms with van der Waals surface area (Å²) in [6, 6.07) is 0. The van der Waals surface area contributed by atoms with E-state index in [4.69, 9.17) is 10.5 Å². The molecule has 132 valence electrons. The van der Waals surface area contributed by atoms with Gasteiger partial charge in [-0.25, -0.2) is 0 Å². The van der Waals surface area contributed by atoms with Gasteiger partial charge in [0.05, 0.1) is 11.0 Å². The van der Waals surface area contributed by atoms with Gasteiger partial charge in [0, 0.05) is 39.3 Å².